The SMILES string of the molecule is CCc1c(C(=O)Nc2ccc(OCCN(C)C)cc2)cnn1Cc1ccccc1. The summed E-state index contributed by atoms with van der Waals surface area (Å²) < 4.78 is 7.58. The van der Waals surface area contributed by atoms with Crippen LogP contribution in [-0.4, -0.2) is 47.8 Å². The molecule has 0 atom stereocenters. The van der Waals surface area contributed by atoms with E-state index in [2.05, 4.69) is 27.4 Å². The first kappa shape index (κ1) is 20.6. The normalized spacial score (nSPS) is 10.9. The number of carbonyl (C=O) groups excluding carboxylic acids is 1. The number of benzene rings is 2. The molecule has 152 valence electrons. The molecular weight excluding hydrogens is 364 g/mol. The summed E-state index contributed by atoms with van der Waals surface area (Å²) in [6.07, 6.45) is 2.38. The van der Waals surface area contributed by atoms with Gasteiger partial charge in [-0.2, -0.15) is 5.10 Å². The highest BCUT2D eigenvalue weighted by molar-refractivity contribution is 6.05. The lowest BCUT2D eigenvalue weighted by atomic mass is 10.1. The van der Waals surface area contributed by atoms with Gasteiger partial charge in [0.05, 0.1) is 24.0 Å². The molecule has 0 aliphatic heterocycles. The van der Waals surface area contributed by atoms with E-state index in [1.807, 2.05) is 68.2 Å². The van der Waals surface area contributed by atoms with Gasteiger partial charge in [-0.25, -0.2) is 0 Å². The Balaban J connectivity index is 1.64. The summed E-state index contributed by atoms with van der Waals surface area (Å²) in [4.78, 5) is 14.9. The van der Waals surface area contributed by atoms with E-state index in [9.17, 15) is 4.79 Å². The number of amides is 1. The van der Waals surface area contributed by atoms with Gasteiger partial charge in [-0.15, -0.1) is 0 Å². The molecule has 2 aromatic carbocycles. The summed E-state index contributed by atoms with van der Waals surface area (Å²) in [7, 11) is 4.02. The van der Waals surface area contributed by atoms with Crippen molar-refractivity contribution in [3.05, 3.63) is 77.6 Å². The third kappa shape index (κ3) is 5.68. The summed E-state index contributed by atoms with van der Waals surface area (Å²) in [5, 5.41) is 7.39. The lowest BCUT2D eigenvalue weighted by Crippen LogP contribution is -2.19. The Hall–Kier alpha value is -3.12. The fraction of sp³-hybridized carbons (Fsp3) is 0.304. The predicted octanol–water partition coefficient (Wildman–Crippen LogP) is 3.69. The number of carbonyl (C=O) groups is 1. The fourth-order valence-electron chi connectivity index (χ4n) is 3.04. The van der Waals surface area contributed by atoms with Crippen LogP contribution in [0.4, 0.5) is 5.69 Å². The number of hydrogen-bond acceptors (Lipinski definition) is 4. The van der Waals surface area contributed by atoms with Gasteiger partial charge in [0.1, 0.15) is 12.4 Å². The minimum absolute atomic E-state index is 0.151. The number of aromatic nitrogens is 2. The Labute approximate surface area is 172 Å². The maximum Gasteiger partial charge on any atom is 0.259 e. The van der Waals surface area contributed by atoms with Crippen molar-refractivity contribution in [2.45, 2.75) is 19.9 Å². The number of ether oxygens (including phenoxy) is 1. The van der Waals surface area contributed by atoms with Gasteiger partial charge in [0.2, 0.25) is 0 Å². The summed E-state index contributed by atoms with van der Waals surface area (Å²) in [5.74, 6) is 0.636. The number of rotatable bonds is 9. The van der Waals surface area contributed by atoms with Crippen molar-refractivity contribution in [2.24, 2.45) is 0 Å². The lowest BCUT2D eigenvalue weighted by Gasteiger charge is -2.12. The number of likely N-dealkylation sites (N-methyl/N-ethyl adjacent to an activating group) is 1. The summed E-state index contributed by atoms with van der Waals surface area (Å²) in [6.45, 7) is 4.16. The van der Waals surface area contributed by atoms with E-state index in [1.54, 1.807) is 6.20 Å². The molecule has 3 aromatic rings. The molecule has 29 heavy (non-hydrogen) atoms. The topological polar surface area (TPSA) is 59.4 Å². The van der Waals surface area contributed by atoms with Crippen LogP contribution in [-0.2, 0) is 13.0 Å². The zero-order chi connectivity index (χ0) is 20.6. The highest BCUT2D eigenvalue weighted by Gasteiger charge is 2.16. The third-order valence-electron chi connectivity index (χ3n) is 4.62. The minimum Gasteiger partial charge on any atom is -0.492 e. The van der Waals surface area contributed by atoms with Gasteiger partial charge < -0.3 is 15.0 Å². The average Bonchev–Trinajstić information content (AvgIpc) is 3.12. The molecule has 0 unspecified atom stereocenters. The van der Waals surface area contributed by atoms with Gasteiger partial charge in [-0.1, -0.05) is 37.3 Å². The van der Waals surface area contributed by atoms with Crippen LogP contribution in [0.2, 0.25) is 0 Å². The van der Waals surface area contributed by atoms with Crippen LogP contribution in [0.15, 0.2) is 60.8 Å². The van der Waals surface area contributed by atoms with E-state index in [-0.39, 0.29) is 5.91 Å². The second-order valence-corrected chi connectivity index (χ2v) is 7.13. The number of nitrogens with one attached hydrogen (secondary N) is 1. The molecule has 1 amide bonds. The summed E-state index contributed by atoms with van der Waals surface area (Å²) in [5.41, 5.74) is 3.42. The van der Waals surface area contributed by atoms with Gasteiger partial charge in [-0.05, 0) is 50.3 Å². The molecule has 0 radical (unpaired) electrons. The van der Waals surface area contributed by atoms with Crippen molar-refractivity contribution in [3.63, 3.8) is 0 Å². The van der Waals surface area contributed by atoms with Crippen LogP contribution >= 0.6 is 0 Å². The molecule has 0 aliphatic carbocycles. The van der Waals surface area contributed by atoms with Crippen LogP contribution in [0.3, 0.4) is 0 Å². The van der Waals surface area contributed by atoms with Crippen LogP contribution in [0, 0.1) is 0 Å². The van der Waals surface area contributed by atoms with Crippen molar-refractivity contribution in [2.75, 3.05) is 32.6 Å². The van der Waals surface area contributed by atoms with E-state index in [0.29, 0.717) is 18.7 Å². The standard InChI is InChI=1S/C23H28N4O2/c1-4-22-21(16-24-27(22)17-18-8-6-5-7-9-18)23(28)25-19-10-12-20(13-11-19)29-15-14-26(2)3/h5-13,16H,4,14-15,17H2,1-3H3,(H,25,28). The monoisotopic (exact) mass is 392 g/mol. The zero-order valence-electron chi connectivity index (χ0n) is 17.3. The molecule has 0 spiro atoms. The van der Waals surface area contributed by atoms with Gasteiger partial charge >= 0.3 is 0 Å². The molecular formula is C23H28N4O2. The number of nitrogens with zero attached hydrogens (tertiary/aromatic N) is 3. The van der Waals surface area contributed by atoms with Crippen molar-refractivity contribution in [1.29, 1.82) is 0 Å². The minimum atomic E-state index is -0.151. The first-order valence-corrected chi connectivity index (χ1v) is 9.84. The lowest BCUT2D eigenvalue weighted by molar-refractivity contribution is 0.102. The Morgan fingerprint density at radius 3 is 2.48 bits per heavy atom. The Morgan fingerprint density at radius 1 is 1.10 bits per heavy atom. The van der Waals surface area contributed by atoms with Crippen LogP contribution in [0.5, 0.6) is 5.75 Å². The van der Waals surface area contributed by atoms with E-state index < -0.39 is 0 Å². The van der Waals surface area contributed by atoms with Crippen molar-refractivity contribution < 1.29 is 9.53 Å². The second kappa shape index (κ2) is 9.89. The van der Waals surface area contributed by atoms with Gasteiger partial charge in [0.25, 0.3) is 5.91 Å². The van der Waals surface area contributed by atoms with Gasteiger partial charge in [0.15, 0.2) is 0 Å². The first-order chi connectivity index (χ1) is 14.1. The summed E-state index contributed by atoms with van der Waals surface area (Å²) in [6, 6.07) is 17.6. The van der Waals surface area contributed by atoms with E-state index in [4.69, 9.17) is 4.74 Å². The molecule has 0 saturated heterocycles. The maximum absolute atomic E-state index is 12.8. The molecule has 0 fully saturated rings. The Morgan fingerprint density at radius 2 is 1.83 bits per heavy atom. The van der Waals surface area contributed by atoms with Gasteiger partial charge in [-0.3, -0.25) is 9.48 Å². The fourth-order valence-corrected chi connectivity index (χ4v) is 3.04. The van der Waals surface area contributed by atoms with Gasteiger partial charge in [0, 0.05) is 12.2 Å². The highest BCUT2D eigenvalue weighted by atomic mass is 16.5. The molecule has 1 aromatic heterocycles. The number of hydrogen-bond donors (Lipinski definition) is 1. The largest absolute Gasteiger partial charge is 0.492 e. The van der Waals surface area contributed by atoms with E-state index in [0.717, 1.165) is 35.7 Å². The van der Waals surface area contributed by atoms with E-state index in [1.165, 1.54) is 0 Å². The molecule has 0 saturated carbocycles. The average molecular weight is 393 g/mol. The van der Waals surface area contributed by atoms with Crippen LogP contribution in [0.25, 0.3) is 0 Å². The van der Waals surface area contributed by atoms with Crippen molar-refractivity contribution >= 4 is 11.6 Å². The molecule has 6 nitrogen and oxygen atoms in total. The quantitative estimate of drug-likeness (QED) is 0.603. The molecule has 3 rings (SSSR count). The molecule has 0 aliphatic rings. The van der Waals surface area contributed by atoms with Crippen LogP contribution < -0.4 is 10.1 Å². The van der Waals surface area contributed by atoms with Crippen molar-refractivity contribution in [3.8, 4) is 5.75 Å². The highest BCUT2D eigenvalue weighted by Crippen LogP contribution is 2.18. The second-order valence-electron chi connectivity index (χ2n) is 7.13. The molecule has 1 heterocycles. The van der Waals surface area contributed by atoms with Crippen LogP contribution in [0.1, 0.15) is 28.5 Å². The molecule has 6 heteroatoms. The Kier molecular flexibility index (Phi) is 7.03. The summed E-state index contributed by atoms with van der Waals surface area (Å²) >= 11 is 0. The van der Waals surface area contributed by atoms with Crippen molar-refractivity contribution in [1.82, 2.24) is 14.7 Å². The Bertz CT molecular complexity index is 918. The smallest absolute Gasteiger partial charge is 0.259 e. The predicted molar refractivity (Wildman–Crippen MR) is 116 cm³/mol. The number of anilines is 1. The maximum atomic E-state index is 12.8. The molecule has 0 bridgehead atoms. The third-order valence-corrected chi connectivity index (χ3v) is 4.62. The van der Waals surface area contributed by atoms with E-state index >= 15 is 0 Å². The first-order valence-electron chi connectivity index (χ1n) is 9.84. The molecule has 1 N–H and O–H groups in total. The zero-order valence-corrected chi connectivity index (χ0v) is 17.3.